The van der Waals surface area contributed by atoms with Gasteiger partial charge in [0.05, 0.1) is 5.56 Å². The third kappa shape index (κ3) is 2.98. The zero-order valence-corrected chi connectivity index (χ0v) is 8.28. The van der Waals surface area contributed by atoms with Crippen LogP contribution in [0, 0.1) is 0 Å². The second kappa shape index (κ2) is 4.45. The molecule has 1 aromatic rings. The maximum Gasteiger partial charge on any atom is 0.337 e. The molecule has 0 fully saturated rings. The second-order valence-electron chi connectivity index (χ2n) is 3.14. The Labute approximate surface area is 86.9 Å². The van der Waals surface area contributed by atoms with E-state index in [4.69, 9.17) is 10.8 Å². The minimum absolute atomic E-state index is 0.0536. The maximum atomic E-state index is 10.7. The Hall–Kier alpha value is -2.04. The Bertz CT molecular complexity index is 402. The molecule has 15 heavy (non-hydrogen) atoms. The Morgan fingerprint density at radius 1 is 1.47 bits per heavy atom. The summed E-state index contributed by atoms with van der Waals surface area (Å²) in [6.07, 6.45) is 0. The van der Waals surface area contributed by atoms with Gasteiger partial charge in [-0.2, -0.15) is 0 Å². The molecule has 0 heterocycles. The molecule has 0 aliphatic carbocycles. The van der Waals surface area contributed by atoms with Crippen LogP contribution in [-0.4, -0.2) is 17.0 Å². The summed E-state index contributed by atoms with van der Waals surface area (Å²) in [5.41, 5.74) is 6.45. The first kappa shape index (κ1) is 11.0. The lowest BCUT2D eigenvalue weighted by molar-refractivity contribution is -0.119. The molecule has 5 heteroatoms. The van der Waals surface area contributed by atoms with Crippen molar-refractivity contribution in [2.24, 2.45) is 0 Å². The summed E-state index contributed by atoms with van der Waals surface area (Å²) in [7, 11) is 0. The van der Waals surface area contributed by atoms with E-state index in [2.05, 4.69) is 5.32 Å². The van der Waals surface area contributed by atoms with E-state index in [0.29, 0.717) is 12.1 Å². The van der Waals surface area contributed by atoms with Gasteiger partial charge in [0.1, 0.15) is 0 Å². The third-order valence-electron chi connectivity index (χ3n) is 1.89. The van der Waals surface area contributed by atoms with Crippen LogP contribution in [0.25, 0.3) is 0 Å². The van der Waals surface area contributed by atoms with Gasteiger partial charge in [-0.3, -0.25) is 4.79 Å². The van der Waals surface area contributed by atoms with Crippen LogP contribution in [0.4, 0.5) is 5.69 Å². The minimum Gasteiger partial charge on any atom is -0.478 e. The van der Waals surface area contributed by atoms with E-state index in [-0.39, 0.29) is 17.2 Å². The number of carboxylic acids is 1. The normalized spacial score (nSPS) is 9.67. The highest BCUT2D eigenvalue weighted by atomic mass is 16.4. The molecular weight excluding hydrogens is 196 g/mol. The zero-order chi connectivity index (χ0) is 11.4. The van der Waals surface area contributed by atoms with Crippen LogP contribution in [0.2, 0.25) is 0 Å². The van der Waals surface area contributed by atoms with E-state index in [1.54, 1.807) is 6.07 Å². The van der Waals surface area contributed by atoms with Crippen LogP contribution in [0.5, 0.6) is 0 Å². The molecule has 4 N–H and O–H groups in total. The van der Waals surface area contributed by atoms with Crippen molar-refractivity contribution in [2.45, 2.75) is 13.5 Å². The van der Waals surface area contributed by atoms with E-state index in [9.17, 15) is 9.59 Å². The molecule has 1 amide bonds. The van der Waals surface area contributed by atoms with Gasteiger partial charge in [0.2, 0.25) is 5.91 Å². The molecule has 0 spiro atoms. The largest absolute Gasteiger partial charge is 0.478 e. The van der Waals surface area contributed by atoms with Crippen molar-refractivity contribution in [3.8, 4) is 0 Å². The summed E-state index contributed by atoms with van der Waals surface area (Å²) >= 11 is 0. The van der Waals surface area contributed by atoms with Crippen molar-refractivity contribution in [3.05, 3.63) is 29.3 Å². The van der Waals surface area contributed by atoms with Crippen molar-refractivity contribution in [1.29, 1.82) is 0 Å². The number of hydrogen-bond donors (Lipinski definition) is 3. The summed E-state index contributed by atoms with van der Waals surface area (Å²) in [5, 5.41) is 11.4. The van der Waals surface area contributed by atoms with Crippen LogP contribution >= 0.6 is 0 Å². The second-order valence-corrected chi connectivity index (χ2v) is 3.14. The summed E-state index contributed by atoms with van der Waals surface area (Å²) < 4.78 is 0. The molecule has 80 valence electrons. The Morgan fingerprint density at radius 3 is 2.67 bits per heavy atom. The van der Waals surface area contributed by atoms with E-state index >= 15 is 0 Å². The highest BCUT2D eigenvalue weighted by Crippen LogP contribution is 2.13. The highest BCUT2D eigenvalue weighted by molar-refractivity contribution is 5.93. The fraction of sp³-hybridized carbons (Fsp3) is 0.200. The molecule has 0 radical (unpaired) electrons. The van der Waals surface area contributed by atoms with Gasteiger partial charge >= 0.3 is 5.97 Å². The standard InChI is InChI=1S/C10H12N2O3/c1-6(13)12-5-7-2-3-9(11)8(4-7)10(14)15/h2-4H,5,11H2,1H3,(H,12,13)(H,14,15). The lowest BCUT2D eigenvalue weighted by atomic mass is 10.1. The number of nitrogens with two attached hydrogens (primary N) is 1. The molecule has 5 nitrogen and oxygen atoms in total. The molecule has 0 saturated heterocycles. The van der Waals surface area contributed by atoms with Crippen molar-refractivity contribution < 1.29 is 14.7 Å². The molecule has 0 aromatic heterocycles. The van der Waals surface area contributed by atoms with E-state index in [1.807, 2.05) is 0 Å². The van der Waals surface area contributed by atoms with Gasteiger partial charge in [-0.1, -0.05) is 6.07 Å². The molecule has 0 aliphatic rings. The average Bonchev–Trinajstić information content (AvgIpc) is 2.16. The number of carboxylic acid groups (broad SMARTS) is 1. The van der Waals surface area contributed by atoms with Crippen LogP contribution in [0.15, 0.2) is 18.2 Å². The van der Waals surface area contributed by atoms with Gasteiger partial charge < -0.3 is 16.2 Å². The van der Waals surface area contributed by atoms with Crippen LogP contribution in [0.1, 0.15) is 22.8 Å². The van der Waals surface area contributed by atoms with Crippen molar-refractivity contribution in [1.82, 2.24) is 5.32 Å². The van der Waals surface area contributed by atoms with Crippen LogP contribution in [0.3, 0.4) is 0 Å². The van der Waals surface area contributed by atoms with Crippen LogP contribution < -0.4 is 11.1 Å². The fourth-order valence-electron chi connectivity index (χ4n) is 1.13. The molecule has 0 bridgehead atoms. The fourth-order valence-corrected chi connectivity index (χ4v) is 1.13. The first-order valence-corrected chi connectivity index (χ1v) is 4.37. The average molecular weight is 208 g/mol. The van der Waals surface area contributed by atoms with Gasteiger partial charge in [0, 0.05) is 19.2 Å². The first-order valence-electron chi connectivity index (χ1n) is 4.37. The van der Waals surface area contributed by atoms with Gasteiger partial charge in [-0.15, -0.1) is 0 Å². The molecule has 0 unspecified atom stereocenters. The summed E-state index contributed by atoms with van der Waals surface area (Å²) in [4.78, 5) is 21.4. The van der Waals surface area contributed by atoms with Crippen LogP contribution in [-0.2, 0) is 11.3 Å². The first-order chi connectivity index (χ1) is 7.00. The predicted molar refractivity (Wildman–Crippen MR) is 55.3 cm³/mol. The Morgan fingerprint density at radius 2 is 2.13 bits per heavy atom. The molecule has 1 rings (SSSR count). The van der Waals surface area contributed by atoms with Gasteiger partial charge in [-0.05, 0) is 17.7 Å². The Kier molecular flexibility index (Phi) is 3.28. The van der Waals surface area contributed by atoms with Gasteiger partial charge in [-0.25, -0.2) is 4.79 Å². The molecular formula is C10H12N2O3. The molecule has 0 aliphatic heterocycles. The third-order valence-corrected chi connectivity index (χ3v) is 1.89. The number of amides is 1. The smallest absolute Gasteiger partial charge is 0.337 e. The summed E-state index contributed by atoms with van der Waals surface area (Å²) in [5.74, 6) is -1.24. The monoisotopic (exact) mass is 208 g/mol. The number of carbonyl (C=O) groups excluding carboxylic acids is 1. The Balaban J connectivity index is 2.87. The number of anilines is 1. The number of carbonyl (C=O) groups is 2. The van der Waals surface area contributed by atoms with Crippen molar-refractivity contribution in [2.75, 3.05) is 5.73 Å². The number of nitrogen functional groups attached to an aromatic ring is 1. The van der Waals surface area contributed by atoms with Gasteiger partial charge in [0.15, 0.2) is 0 Å². The topological polar surface area (TPSA) is 92.4 Å². The SMILES string of the molecule is CC(=O)NCc1ccc(N)c(C(=O)O)c1. The van der Waals surface area contributed by atoms with E-state index in [1.165, 1.54) is 19.1 Å². The molecule has 0 saturated carbocycles. The van der Waals surface area contributed by atoms with E-state index < -0.39 is 5.97 Å². The number of aromatic carboxylic acids is 1. The summed E-state index contributed by atoms with van der Waals surface area (Å²) in [6, 6.07) is 4.64. The lowest BCUT2D eigenvalue weighted by Gasteiger charge is -2.05. The zero-order valence-electron chi connectivity index (χ0n) is 8.28. The summed E-state index contributed by atoms with van der Waals surface area (Å²) in [6.45, 7) is 1.70. The number of hydrogen-bond acceptors (Lipinski definition) is 3. The van der Waals surface area contributed by atoms with Crippen molar-refractivity contribution >= 4 is 17.6 Å². The number of nitrogens with one attached hydrogen (secondary N) is 1. The number of rotatable bonds is 3. The van der Waals surface area contributed by atoms with Gasteiger partial charge in [0.25, 0.3) is 0 Å². The minimum atomic E-state index is -1.07. The molecule has 0 atom stereocenters. The quantitative estimate of drug-likeness (QED) is 0.634. The predicted octanol–water partition coefficient (Wildman–Crippen LogP) is 0.603. The highest BCUT2D eigenvalue weighted by Gasteiger charge is 2.08. The molecule has 1 aromatic carbocycles. The number of benzene rings is 1. The van der Waals surface area contributed by atoms with Crippen molar-refractivity contribution in [3.63, 3.8) is 0 Å². The van der Waals surface area contributed by atoms with E-state index in [0.717, 1.165) is 0 Å². The maximum absolute atomic E-state index is 10.7. The lowest BCUT2D eigenvalue weighted by Crippen LogP contribution is -2.19.